The summed E-state index contributed by atoms with van der Waals surface area (Å²) in [6.45, 7) is 4.43. The van der Waals surface area contributed by atoms with Gasteiger partial charge in [-0.15, -0.1) is 0 Å². The van der Waals surface area contributed by atoms with Crippen LogP contribution in [0.15, 0.2) is 0 Å². The number of rotatable bonds is 6. The fraction of sp³-hybridized carbons (Fsp3) is 0.636. The van der Waals surface area contributed by atoms with Crippen LogP contribution in [0.3, 0.4) is 0 Å². The molecule has 1 heterocycles. The molecule has 0 aliphatic carbocycles. The summed E-state index contributed by atoms with van der Waals surface area (Å²) >= 11 is 0. The molecule has 0 aliphatic rings. The second kappa shape index (κ2) is 6.13. The molecule has 1 N–H and O–H groups in total. The van der Waals surface area contributed by atoms with E-state index in [9.17, 15) is 10.1 Å². The zero-order valence-corrected chi connectivity index (χ0v) is 11.2. The lowest BCUT2D eigenvalue weighted by Gasteiger charge is -2.18. The Morgan fingerprint density at radius 1 is 1.44 bits per heavy atom. The topological polar surface area (TPSA) is 84.2 Å². The van der Waals surface area contributed by atoms with Crippen LogP contribution in [0.25, 0.3) is 0 Å². The van der Waals surface area contributed by atoms with Crippen LogP contribution < -0.4 is 10.2 Å². The summed E-state index contributed by atoms with van der Waals surface area (Å²) in [5.74, 6) is 0.766. The highest BCUT2D eigenvalue weighted by Crippen LogP contribution is 2.29. The highest BCUT2D eigenvalue weighted by atomic mass is 16.6. The van der Waals surface area contributed by atoms with Crippen LogP contribution in [0.1, 0.15) is 25.5 Å². The molecule has 0 atom stereocenters. The van der Waals surface area contributed by atoms with Gasteiger partial charge in [-0.1, -0.05) is 13.3 Å². The van der Waals surface area contributed by atoms with Crippen LogP contribution in [0.4, 0.5) is 17.5 Å². The maximum atomic E-state index is 11.1. The average molecular weight is 253 g/mol. The second-order valence-corrected chi connectivity index (χ2v) is 4.09. The van der Waals surface area contributed by atoms with E-state index >= 15 is 0 Å². The monoisotopic (exact) mass is 253 g/mol. The normalized spacial score (nSPS) is 10.2. The van der Waals surface area contributed by atoms with Crippen molar-refractivity contribution in [1.29, 1.82) is 0 Å². The Kier molecular flexibility index (Phi) is 4.82. The number of aromatic nitrogens is 2. The fourth-order valence-corrected chi connectivity index (χ4v) is 1.64. The van der Waals surface area contributed by atoms with Crippen molar-refractivity contribution >= 4 is 17.5 Å². The molecule has 0 spiro atoms. The minimum Gasteiger partial charge on any atom is -0.357 e. The maximum absolute atomic E-state index is 11.1. The van der Waals surface area contributed by atoms with Crippen molar-refractivity contribution in [3.8, 4) is 0 Å². The molecule has 0 saturated carbocycles. The third kappa shape index (κ3) is 3.06. The molecule has 0 saturated heterocycles. The van der Waals surface area contributed by atoms with E-state index in [-0.39, 0.29) is 5.69 Å². The van der Waals surface area contributed by atoms with Gasteiger partial charge >= 0.3 is 5.69 Å². The Hall–Kier alpha value is -1.92. The maximum Gasteiger partial charge on any atom is 0.332 e. The minimum atomic E-state index is -0.424. The van der Waals surface area contributed by atoms with E-state index < -0.39 is 4.92 Å². The van der Waals surface area contributed by atoms with Gasteiger partial charge in [-0.25, -0.2) is 4.98 Å². The highest BCUT2D eigenvalue weighted by molar-refractivity contribution is 5.62. The van der Waals surface area contributed by atoms with Gasteiger partial charge < -0.3 is 10.2 Å². The Labute approximate surface area is 106 Å². The SMILES string of the molecule is CCCCN(C)c1nc(NC)nc(C)c1[N+](=O)[O-]. The van der Waals surface area contributed by atoms with Gasteiger partial charge in [0.2, 0.25) is 11.8 Å². The molecule has 0 aromatic carbocycles. The van der Waals surface area contributed by atoms with E-state index in [4.69, 9.17) is 0 Å². The Morgan fingerprint density at radius 2 is 2.11 bits per heavy atom. The molecular weight excluding hydrogens is 234 g/mol. The van der Waals surface area contributed by atoms with Gasteiger partial charge in [0.1, 0.15) is 5.69 Å². The van der Waals surface area contributed by atoms with Crippen LogP contribution in [-0.2, 0) is 0 Å². The standard InChI is InChI=1S/C11H19N5O2/c1-5-6-7-15(4)10-9(16(17)18)8(2)13-11(12-3)14-10/h5-7H2,1-4H3,(H,12,13,14). The lowest BCUT2D eigenvalue weighted by molar-refractivity contribution is -0.385. The smallest absolute Gasteiger partial charge is 0.332 e. The van der Waals surface area contributed by atoms with E-state index in [0.29, 0.717) is 17.5 Å². The predicted octanol–water partition coefficient (Wildman–Crippen LogP) is 1.97. The first-order valence-corrected chi connectivity index (χ1v) is 5.93. The van der Waals surface area contributed by atoms with Gasteiger partial charge in [0, 0.05) is 20.6 Å². The summed E-state index contributed by atoms with van der Waals surface area (Å²) in [5, 5.41) is 13.9. The molecule has 0 bridgehead atoms. The molecule has 7 heteroatoms. The number of aryl methyl sites for hydroxylation is 1. The zero-order chi connectivity index (χ0) is 13.7. The Bertz CT molecular complexity index is 436. The van der Waals surface area contributed by atoms with Gasteiger partial charge in [0.25, 0.3) is 0 Å². The number of hydrogen-bond acceptors (Lipinski definition) is 6. The molecule has 7 nitrogen and oxygen atoms in total. The summed E-state index contributed by atoms with van der Waals surface area (Å²) in [6, 6.07) is 0. The molecule has 0 aliphatic heterocycles. The largest absolute Gasteiger partial charge is 0.357 e. The van der Waals surface area contributed by atoms with Crippen molar-refractivity contribution in [2.75, 3.05) is 30.9 Å². The van der Waals surface area contributed by atoms with Gasteiger partial charge in [0.05, 0.1) is 4.92 Å². The van der Waals surface area contributed by atoms with Gasteiger partial charge in [-0.05, 0) is 13.3 Å². The van der Waals surface area contributed by atoms with E-state index in [1.807, 2.05) is 7.05 Å². The van der Waals surface area contributed by atoms with Crippen LogP contribution >= 0.6 is 0 Å². The van der Waals surface area contributed by atoms with E-state index in [0.717, 1.165) is 19.4 Å². The highest BCUT2D eigenvalue weighted by Gasteiger charge is 2.24. The van der Waals surface area contributed by atoms with Gasteiger partial charge in [-0.2, -0.15) is 4.98 Å². The zero-order valence-electron chi connectivity index (χ0n) is 11.2. The number of anilines is 2. The first kappa shape index (κ1) is 14.1. The van der Waals surface area contributed by atoms with Crippen molar-refractivity contribution < 1.29 is 4.92 Å². The average Bonchev–Trinajstić information content (AvgIpc) is 2.34. The summed E-state index contributed by atoms with van der Waals surface area (Å²) in [5.41, 5.74) is 0.352. The molecule has 100 valence electrons. The lowest BCUT2D eigenvalue weighted by Crippen LogP contribution is -2.22. The van der Waals surface area contributed by atoms with E-state index in [1.165, 1.54) is 0 Å². The molecule has 0 fully saturated rings. The molecule has 1 aromatic heterocycles. The van der Waals surface area contributed by atoms with Crippen LogP contribution in [0.5, 0.6) is 0 Å². The van der Waals surface area contributed by atoms with Gasteiger partial charge in [0.15, 0.2) is 0 Å². The second-order valence-electron chi connectivity index (χ2n) is 4.09. The van der Waals surface area contributed by atoms with Crippen molar-refractivity contribution in [3.63, 3.8) is 0 Å². The van der Waals surface area contributed by atoms with E-state index in [2.05, 4.69) is 22.2 Å². The third-order valence-electron chi connectivity index (χ3n) is 2.65. The molecule has 18 heavy (non-hydrogen) atoms. The lowest BCUT2D eigenvalue weighted by atomic mass is 10.3. The van der Waals surface area contributed by atoms with Crippen molar-refractivity contribution in [1.82, 2.24) is 9.97 Å². The number of nitrogens with zero attached hydrogens (tertiary/aromatic N) is 4. The van der Waals surface area contributed by atoms with Crippen molar-refractivity contribution in [2.24, 2.45) is 0 Å². The number of unbranched alkanes of at least 4 members (excludes halogenated alkanes) is 1. The van der Waals surface area contributed by atoms with E-state index in [1.54, 1.807) is 18.9 Å². The fourth-order valence-electron chi connectivity index (χ4n) is 1.64. The molecule has 0 unspecified atom stereocenters. The van der Waals surface area contributed by atoms with Crippen molar-refractivity contribution in [2.45, 2.75) is 26.7 Å². The number of nitrogens with one attached hydrogen (secondary N) is 1. The van der Waals surface area contributed by atoms with Gasteiger partial charge in [-0.3, -0.25) is 10.1 Å². The van der Waals surface area contributed by atoms with Crippen LogP contribution in [-0.4, -0.2) is 35.5 Å². The summed E-state index contributed by atoms with van der Waals surface area (Å²) in [4.78, 5) is 20.7. The minimum absolute atomic E-state index is 0.0207. The summed E-state index contributed by atoms with van der Waals surface area (Å²) in [6.07, 6.45) is 1.99. The summed E-state index contributed by atoms with van der Waals surface area (Å²) in [7, 11) is 3.50. The summed E-state index contributed by atoms with van der Waals surface area (Å²) < 4.78 is 0. The molecule has 0 amide bonds. The number of nitro groups is 1. The quantitative estimate of drug-likeness (QED) is 0.616. The molecule has 0 radical (unpaired) electrons. The molecule has 1 aromatic rings. The molecular formula is C11H19N5O2. The van der Waals surface area contributed by atoms with Crippen LogP contribution in [0, 0.1) is 17.0 Å². The first-order valence-electron chi connectivity index (χ1n) is 5.93. The Balaban J connectivity index is 3.20. The predicted molar refractivity (Wildman–Crippen MR) is 71.1 cm³/mol. The first-order chi connectivity index (χ1) is 8.51. The Morgan fingerprint density at radius 3 is 2.61 bits per heavy atom. The number of hydrogen-bond donors (Lipinski definition) is 1. The third-order valence-corrected chi connectivity index (χ3v) is 2.65. The van der Waals surface area contributed by atoms with Crippen LogP contribution in [0.2, 0.25) is 0 Å². The molecule has 1 rings (SSSR count). The van der Waals surface area contributed by atoms with Crippen molar-refractivity contribution in [3.05, 3.63) is 15.8 Å².